The van der Waals surface area contributed by atoms with Crippen molar-refractivity contribution in [3.05, 3.63) is 48.3 Å². The number of hydrogen-bond donors (Lipinski definition) is 1. The van der Waals surface area contributed by atoms with Crippen LogP contribution in [0.3, 0.4) is 0 Å². The van der Waals surface area contributed by atoms with Crippen LogP contribution in [0.2, 0.25) is 0 Å². The summed E-state index contributed by atoms with van der Waals surface area (Å²) in [6, 6.07) is 9.70. The van der Waals surface area contributed by atoms with E-state index in [9.17, 15) is 9.90 Å². The number of amides is 1. The van der Waals surface area contributed by atoms with Crippen molar-refractivity contribution in [3.63, 3.8) is 0 Å². The first kappa shape index (κ1) is 17.0. The quantitative estimate of drug-likeness (QED) is 0.920. The van der Waals surface area contributed by atoms with Crippen molar-refractivity contribution in [2.45, 2.75) is 13.0 Å². The third-order valence-electron chi connectivity index (χ3n) is 3.95. The third-order valence-corrected chi connectivity index (χ3v) is 3.95. The zero-order chi connectivity index (χ0) is 17.0. The number of carbonyl (C=O) groups excluding carboxylic acids is 1. The fraction of sp³-hybridized carbons (Fsp3) is 0.333. The molecule has 1 aromatic heterocycles. The van der Waals surface area contributed by atoms with E-state index in [1.54, 1.807) is 26.4 Å². The zero-order valence-corrected chi connectivity index (χ0v) is 14.0. The van der Waals surface area contributed by atoms with Crippen molar-refractivity contribution in [2.75, 3.05) is 32.6 Å². The number of likely N-dealkylation sites (N-methyl/N-ethyl adjacent to an activating group) is 1. The number of hydrogen-bond acceptors (Lipinski definition) is 4. The molecule has 23 heavy (non-hydrogen) atoms. The van der Waals surface area contributed by atoms with Gasteiger partial charge in [-0.2, -0.15) is 0 Å². The number of nitrogens with zero attached hydrogens (tertiary/aromatic N) is 3. The largest absolute Gasteiger partial charge is 0.394 e. The van der Waals surface area contributed by atoms with Gasteiger partial charge in [0.15, 0.2) is 0 Å². The summed E-state index contributed by atoms with van der Waals surface area (Å²) in [6.45, 7) is 1.73. The summed E-state index contributed by atoms with van der Waals surface area (Å²) in [5.41, 5.74) is 3.54. The smallest absolute Gasteiger partial charge is 0.255 e. The molecular weight excluding hydrogens is 290 g/mol. The Morgan fingerprint density at radius 2 is 1.78 bits per heavy atom. The van der Waals surface area contributed by atoms with Crippen molar-refractivity contribution >= 4 is 11.6 Å². The topological polar surface area (TPSA) is 56.7 Å². The van der Waals surface area contributed by atoms with Gasteiger partial charge in [-0.3, -0.25) is 9.78 Å². The van der Waals surface area contributed by atoms with Gasteiger partial charge in [0.05, 0.1) is 18.2 Å². The van der Waals surface area contributed by atoms with Crippen LogP contribution in [-0.2, 0) is 0 Å². The van der Waals surface area contributed by atoms with E-state index in [4.69, 9.17) is 0 Å². The minimum absolute atomic E-state index is 0.0681. The van der Waals surface area contributed by atoms with Gasteiger partial charge in [0.1, 0.15) is 0 Å². The molecule has 1 heterocycles. The highest BCUT2D eigenvalue weighted by Crippen LogP contribution is 2.23. The van der Waals surface area contributed by atoms with Gasteiger partial charge in [-0.15, -0.1) is 0 Å². The van der Waals surface area contributed by atoms with Crippen molar-refractivity contribution in [1.29, 1.82) is 0 Å². The van der Waals surface area contributed by atoms with Crippen molar-refractivity contribution < 1.29 is 9.90 Å². The van der Waals surface area contributed by atoms with Gasteiger partial charge < -0.3 is 14.9 Å². The molecule has 122 valence electrons. The summed E-state index contributed by atoms with van der Waals surface area (Å²) in [4.78, 5) is 20.2. The Hall–Kier alpha value is -2.40. The second-order valence-corrected chi connectivity index (χ2v) is 5.85. The molecule has 0 aliphatic carbocycles. The van der Waals surface area contributed by atoms with E-state index < -0.39 is 0 Å². The first-order valence-electron chi connectivity index (χ1n) is 7.55. The van der Waals surface area contributed by atoms with E-state index in [1.807, 2.05) is 49.3 Å². The normalized spacial score (nSPS) is 11.9. The van der Waals surface area contributed by atoms with E-state index in [-0.39, 0.29) is 18.6 Å². The van der Waals surface area contributed by atoms with Crippen LogP contribution in [0.15, 0.2) is 42.7 Å². The highest BCUT2D eigenvalue weighted by molar-refractivity contribution is 5.95. The average molecular weight is 313 g/mol. The van der Waals surface area contributed by atoms with Crippen LogP contribution in [0, 0.1) is 0 Å². The minimum atomic E-state index is -0.231. The predicted molar refractivity (Wildman–Crippen MR) is 92.6 cm³/mol. The zero-order valence-electron chi connectivity index (χ0n) is 14.0. The summed E-state index contributed by atoms with van der Waals surface area (Å²) in [6.07, 6.45) is 3.30. The molecule has 0 aliphatic rings. The number of aliphatic hydroxyl groups is 1. The van der Waals surface area contributed by atoms with Crippen LogP contribution in [0.25, 0.3) is 11.1 Å². The molecule has 5 nitrogen and oxygen atoms in total. The Morgan fingerprint density at radius 3 is 2.35 bits per heavy atom. The van der Waals surface area contributed by atoms with Crippen LogP contribution >= 0.6 is 0 Å². The fourth-order valence-electron chi connectivity index (χ4n) is 2.19. The lowest BCUT2D eigenvalue weighted by Gasteiger charge is -2.23. The van der Waals surface area contributed by atoms with E-state index in [1.165, 1.54) is 4.90 Å². The first-order valence-corrected chi connectivity index (χ1v) is 7.55. The molecule has 1 atom stereocenters. The van der Waals surface area contributed by atoms with E-state index >= 15 is 0 Å². The van der Waals surface area contributed by atoms with Gasteiger partial charge in [0.25, 0.3) is 5.91 Å². The Morgan fingerprint density at radius 1 is 1.13 bits per heavy atom. The van der Waals surface area contributed by atoms with Gasteiger partial charge >= 0.3 is 0 Å². The maximum atomic E-state index is 12.4. The maximum Gasteiger partial charge on any atom is 0.255 e. The summed E-state index contributed by atoms with van der Waals surface area (Å²) in [7, 11) is 5.67. The number of carbonyl (C=O) groups is 1. The molecule has 0 spiro atoms. The molecule has 0 saturated carbocycles. The molecule has 2 aromatic rings. The summed E-state index contributed by atoms with van der Waals surface area (Å²) >= 11 is 0. The second-order valence-electron chi connectivity index (χ2n) is 5.85. The Kier molecular flexibility index (Phi) is 5.34. The molecule has 0 radical (unpaired) electrons. The van der Waals surface area contributed by atoms with Crippen LogP contribution in [0.1, 0.15) is 17.3 Å². The lowest BCUT2D eigenvalue weighted by molar-refractivity contribution is 0.0682. The highest BCUT2D eigenvalue weighted by atomic mass is 16.3. The molecule has 1 N–H and O–H groups in total. The summed E-state index contributed by atoms with van der Waals surface area (Å²) in [5.74, 6) is -0.147. The number of rotatable bonds is 5. The SMILES string of the molecule is CC(CO)N(C)C(=O)c1cncc(-c2ccc(N(C)C)cc2)c1. The highest BCUT2D eigenvalue weighted by Gasteiger charge is 2.17. The van der Waals surface area contributed by atoms with Gasteiger partial charge in [-0.05, 0) is 30.7 Å². The Balaban J connectivity index is 2.27. The number of anilines is 1. The first-order chi connectivity index (χ1) is 10.9. The van der Waals surface area contributed by atoms with Crippen molar-refractivity contribution in [1.82, 2.24) is 9.88 Å². The van der Waals surface area contributed by atoms with Crippen LogP contribution < -0.4 is 4.90 Å². The number of benzene rings is 1. The third kappa shape index (κ3) is 3.87. The Bertz CT molecular complexity index is 668. The van der Waals surface area contributed by atoms with Gasteiger partial charge in [-0.1, -0.05) is 12.1 Å². The molecule has 0 saturated heterocycles. The number of aliphatic hydroxyl groups excluding tert-OH is 1. The van der Waals surface area contributed by atoms with Crippen molar-refractivity contribution in [3.8, 4) is 11.1 Å². The van der Waals surface area contributed by atoms with E-state index in [2.05, 4.69) is 4.98 Å². The number of aromatic nitrogens is 1. The van der Waals surface area contributed by atoms with Crippen LogP contribution in [0.4, 0.5) is 5.69 Å². The van der Waals surface area contributed by atoms with E-state index in [0.717, 1.165) is 16.8 Å². The van der Waals surface area contributed by atoms with E-state index in [0.29, 0.717) is 5.56 Å². The Labute approximate surface area is 137 Å². The van der Waals surface area contributed by atoms with Crippen molar-refractivity contribution in [2.24, 2.45) is 0 Å². The molecule has 5 heteroatoms. The second kappa shape index (κ2) is 7.24. The number of pyridine rings is 1. The molecule has 0 bridgehead atoms. The molecule has 1 aromatic carbocycles. The monoisotopic (exact) mass is 313 g/mol. The molecule has 0 aliphatic heterocycles. The molecule has 0 fully saturated rings. The van der Waals surface area contributed by atoms with Gasteiger partial charge in [0.2, 0.25) is 0 Å². The maximum absolute atomic E-state index is 12.4. The lowest BCUT2D eigenvalue weighted by atomic mass is 10.0. The van der Waals surface area contributed by atoms with Gasteiger partial charge in [-0.25, -0.2) is 0 Å². The molecular formula is C18H23N3O2. The van der Waals surface area contributed by atoms with Gasteiger partial charge in [0, 0.05) is 44.8 Å². The van der Waals surface area contributed by atoms with Crippen LogP contribution in [0.5, 0.6) is 0 Å². The lowest BCUT2D eigenvalue weighted by Crippen LogP contribution is -2.37. The molecule has 1 amide bonds. The standard InChI is InChI=1S/C18H23N3O2/c1-13(12-22)21(4)18(23)16-9-15(10-19-11-16)14-5-7-17(8-6-14)20(2)3/h5-11,13,22H,12H2,1-4H3. The molecule has 1 unspecified atom stereocenters. The molecule has 2 rings (SSSR count). The minimum Gasteiger partial charge on any atom is -0.394 e. The predicted octanol–water partition coefficient (Wildman–Crippen LogP) is 2.27. The summed E-state index contributed by atoms with van der Waals surface area (Å²) in [5, 5.41) is 9.19. The summed E-state index contributed by atoms with van der Waals surface area (Å²) < 4.78 is 0. The average Bonchev–Trinajstić information content (AvgIpc) is 2.59. The fourth-order valence-corrected chi connectivity index (χ4v) is 2.19. The van der Waals surface area contributed by atoms with Crippen LogP contribution in [-0.4, -0.2) is 54.7 Å².